The van der Waals surface area contributed by atoms with E-state index in [4.69, 9.17) is 0 Å². The first-order valence-electron chi connectivity index (χ1n) is 4.94. The zero-order valence-corrected chi connectivity index (χ0v) is 8.92. The fourth-order valence-electron chi connectivity index (χ4n) is 1.26. The summed E-state index contributed by atoms with van der Waals surface area (Å²) in [4.78, 5) is 2.40. The van der Waals surface area contributed by atoms with Gasteiger partial charge < -0.3 is 0 Å². The summed E-state index contributed by atoms with van der Waals surface area (Å²) in [6.45, 7) is 15.1. The lowest BCUT2D eigenvalue weighted by molar-refractivity contribution is 0.315. The molecule has 0 amide bonds. The van der Waals surface area contributed by atoms with Gasteiger partial charge in [-0.3, -0.25) is 4.90 Å². The van der Waals surface area contributed by atoms with Crippen molar-refractivity contribution < 1.29 is 0 Å². The van der Waals surface area contributed by atoms with Gasteiger partial charge in [0.25, 0.3) is 0 Å². The summed E-state index contributed by atoms with van der Waals surface area (Å²) < 4.78 is 0. The van der Waals surface area contributed by atoms with Crippen molar-refractivity contribution in [2.75, 3.05) is 19.6 Å². The van der Waals surface area contributed by atoms with Crippen LogP contribution in [0.3, 0.4) is 0 Å². The standard InChI is InChI=1S/C12H21N/c1-5-9-12(7-3)11-13(8-4)10-6-2/h5,7,9H,1,3,6,8,10-11H2,2,4H3/b12-9+. The molecular weight excluding hydrogens is 158 g/mol. The highest BCUT2D eigenvalue weighted by molar-refractivity contribution is 5.22. The summed E-state index contributed by atoms with van der Waals surface area (Å²) >= 11 is 0. The Morgan fingerprint density at radius 1 is 1.31 bits per heavy atom. The number of likely N-dealkylation sites (N-methyl/N-ethyl adjacent to an activating group) is 1. The predicted molar refractivity (Wildman–Crippen MR) is 60.9 cm³/mol. The van der Waals surface area contributed by atoms with Gasteiger partial charge in [0.05, 0.1) is 0 Å². The Balaban J connectivity index is 4.10. The number of hydrogen-bond acceptors (Lipinski definition) is 1. The quantitative estimate of drug-likeness (QED) is 0.543. The van der Waals surface area contributed by atoms with Crippen molar-refractivity contribution in [2.45, 2.75) is 20.3 Å². The second-order valence-corrected chi connectivity index (χ2v) is 3.05. The van der Waals surface area contributed by atoms with E-state index in [1.807, 2.05) is 18.2 Å². The van der Waals surface area contributed by atoms with Crippen LogP contribution in [0.1, 0.15) is 20.3 Å². The summed E-state index contributed by atoms with van der Waals surface area (Å²) in [5.41, 5.74) is 1.24. The van der Waals surface area contributed by atoms with Crippen LogP contribution in [0.5, 0.6) is 0 Å². The molecule has 1 heteroatoms. The molecule has 0 aliphatic carbocycles. The molecule has 0 heterocycles. The van der Waals surface area contributed by atoms with E-state index in [9.17, 15) is 0 Å². The van der Waals surface area contributed by atoms with Crippen molar-refractivity contribution in [3.63, 3.8) is 0 Å². The van der Waals surface area contributed by atoms with Gasteiger partial charge in [0.2, 0.25) is 0 Å². The number of rotatable bonds is 7. The van der Waals surface area contributed by atoms with E-state index in [1.54, 1.807) is 0 Å². The maximum Gasteiger partial charge on any atom is 0.0233 e. The van der Waals surface area contributed by atoms with Crippen LogP contribution in [-0.4, -0.2) is 24.5 Å². The molecule has 0 saturated heterocycles. The molecule has 0 aromatic heterocycles. The Morgan fingerprint density at radius 3 is 2.38 bits per heavy atom. The molecule has 74 valence electrons. The van der Waals surface area contributed by atoms with Crippen LogP contribution in [0.25, 0.3) is 0 Å². The molecular formula is C12H21N. The van der Waals surface area contributed by atoms with Crippen LogP contribution < -0.4 is 0 Å². The van der Waals surface area contributed by atoms with Gasteiger partial charge in [-0.15, -0.1) is 0 Å². The lowest BCUT2D eigenvalue weighted by atomic mass is 10.2. The minimum atomic E-state index is 0.986. The third-order valence-electron chi connectivity index (χ3n) is 1.99. The van der Waals surface area contributed by atoms with Crippen LogP contribution in [0.2, 0.25) is 0 Å². The lowest BCUT2D eigenvalue weighted by Crippen LogP contribution is -2.26. The number of allylic oxidation sites excluding steroid dienone is 2. The molecule has 0 spiro atoms. The van der Waals surface area contributed by atoms with Crippen molar-refractivity contribution in [3.8, 4) is 0 Å². The van der Waals surface area contributed by atoms with E-state index in [0.717, 1.165) is 19.6 Å². The van der Waals surface area contributed by atoms with E-state index in [1.165, 1.54) is 12.0 Å². The summed E-state index contributed by atoms with van der Waals surface area (Å²) in [5, 5.41) is 0. The Hall–Kier alpha value is -0.820. The van der Waals surface area contributed by atoms with E-state index < -0.39 is 0 Å². The van der Waals surface area contributed by atoms with Gasteiger partial charge in [0, 0.05) is 6.54 Å². The molecule has 0 unspecified atom stereocenters. The van der Waals surface area contributed by atoms with Gasteiger partial charge in [-0.05, 0) is 25.1 Å². The van der Waals surface area contributed by atoms with Crippen LogP contribution in [-0.2, 0) is 0 Å². The molecule has 0 bridgehead atoms. The summed E-state index contributed by atoms with van der Waals surface area (Å²) in [5.74, 6) is 0. The molecule has 0 saturated carbocycles. The molecule has 0 N–H and O–H groups in total. The second-order valence-electron chi connectivity index (χ2n) is 3.05. The fraction of sp³-hybridized carbons (Fsp3) is 0.500. The minimum Gasteiger partial charge on any atom is -0.299 e. The maximum atomic E-state index is 3.78. The Morgan fingerprint density at radius 2 is 2.00 bits per heavy atom. The Bertz CT molecular complexity index is 180. The summed E-state index contributed by atoms with van der Waals surface area (Å²) in [6, 6.07) is 0. The van der Waals surface area contributed by atoms with Crippen molar-refractivity contribution in [1.29, 1.82) is 0 Å². The van der Waals surface area contributed by atoms with Gasteiger partial charge in [-0.1, -0.05) is 45.2 Å². The average Bonchev–Trinajstić information content (AvgIpc) is 2.16. The third kappa shape index (κ3) is 5.42. The molecule has 0 aliphatic heterocycles. The normalized spacial score (nSPS) is 11.8. The fourth-order valence-corrected chi connectivity index (χ4v) is 1.26. The molecule has 0 atom stereocenters. The number of nitrogens with zero attached hydrogens (tertiary/aromatic N) is 1. The Labute approximate surface area is 82.4 Å². The molecule has 0 aromatic rings. The second kappa shape index (κ2) is 7.81. The first kappa shape index (κ1) is 12.2. The lowest BCUT2D eigenvalue weighted by Gasteiger charge is -2.19. The molecule has 13 heavy (non-hydrogen) atoms. The van der Waals surface area contributed by atoms with Crippen molar-refractivity contribution in [3.05, 3.63) is 37.0 Å². The van der Waals surface area contributed by atoms with Gasteiger partial charge in [-0.2, -0.15) is 0 Å². The molecule has 0 radical (unpaired) electrons. The third-order valence-corrected chi connectivity index (χ3v) is 1.99. The Kier molecular flexibility index (Phi) is 7.32. The summed E-state index contributed by atoms with van der Waals surface area (Å²) in [6.07, 6.45) is 6.94. The molecule has 0 aliphatic rings. The van der Waals surface area contributed by atoms with Crippen LogP contribution in [0.4, 0.5) is 0 Å². The SMILES string of the molecule is C=C/C=C(\C=C)CN(CC)CCC. The number of hydrogen-bond donors (Lipinski definition) is 0. The smallest absolute Gasteiger partial charge is 0.0233 e. The van der Waals surface area contributed by atoms with Crippen LogP contribution >= 0.6 is 0 Å². The molecule has 0 fully saturated rings. The average molecular weight is 179 g/mol. The molecule has 0 rings (SSSR count). The maximum absolute atomic E-state index is 3.78. The van der Waals surface area contributed by atoms with Crippen LogP contribution in [0.15, 0.2) is 37.0 Å². The van der Waals surface area contributed by atoms with E-state index in [0.29, 0.717) is 0 Å². The van der Waals surface area contributed by atoms with Gasteiger partial charge in [0.1, 0.15) is 0 Å². The zero-order valence-electron chi connectivity index (χ0n) is 8.92. The van der Waals surface area contributed by atoms with E-state index in [2.05, 4.69) is 31.9 Å². The largest absolute Gasteiger partial charge is 0.299 e. The first-order chi connectivity index (χ1) is 6.28. The molecule has 0 aromatic carbocycles. The topological polar surface area (TPSA) is 3.24 Å². The highest BCUT2D eigenvalue weighted by Crippen LogP contribution is 2.01. The van der Waals surface area contributed by atoms with Crippen molar-refractivity contribution in [1.82, 2.24) is 4.90 Å². The zero-order chi connectivity index (χ0) is 10.1. The van der Waals surface area contributed by atoms with Gasteiger partial charge >= 0.3 is 0 Å². The van der Waals surface area contributed by atoms with Crippen molar-refractivity contribution >= 4 is 0 Å². The van der Waals surface area contributed by atoms with Gasteiger partial charge in [0.15, 0.2) is 0 Å². The minimum absolute atomic E-state index is 0.986. The molecule has 1 nitrogen and oxygen atoms in total. The van der Waals surface area contributed by atoms with Crippen LogP contribution in [0, 0.1) is 0 Å². The monoisotopic (exact) mass is 179 g/mol. The van der Waals surface area contributed by atoms with E-state index >= 15 is 0 Å². The van der Waals surface area contributed by atoms with Crippen molar-refractivity contribution in [2.24, 2.45) is 0 Å². The van der Waals surface area contributed by atoms with Gasteiger partial charge in [-0.25, -0.2) is 0 Å². The highest BCUT2D eigenvalue weighted by atomic mass is 15.1. The highest BCUT2D eigenvalue weighted by Gasteiger charge is 2.01. The predicted octanol–water partition coefficient (Wildman–Crippen LogP) is 3.02. The summed E-state index contributed by atoms with van der Waals surface area (Å²) in [7, 11) is 0. The van der Waals surface area contributed by atoms with E-state index in [-0.39, 0.29) is 0 Å². The first-order valence-corrected chi connectivity index (χ1v) is 4.94.